The molecule has 146 valence electrons. The predicted octanol–water partition coefficient (Wildman–Crippen LogP) is 4.57. The van der Waals surface area contributed by atoms with Crippen molar-refractivity contribution >= 4 is 21.6 Å². The van der Waals surface area contributed by atoms with E-state index in [9.17, 15) is 13.5 Å². The second-order valence-corrected chi connectivity index (χ2v) is 10.2. The Labute approximate surface area is 155 Å². The minimum absolute atomic E-state index is 0.106. The highest BCUT2D eigenvalue weighted by atomic mass is 32.2. The van der Waals surface area contributed by atoms with Gasteiger partial charge in [0.1, 0.15) is 0 Å². The molecule has 0 heterocycles. The highest BCUT2D eigenvalue weighted by Gasteiger charge is 2.18. The molecule has 3 unspecified atom stereocenters. The fourth-order valence-electron chi connectivity index (χ4n) is 2.74. The SMILES string of the molecule is CCCCCCCCS(=O)CC(CO)S(=O)CCCCCCCC. The monoisotopic (exact) mass is 380 g/mol. The van der Waals surface area contributed by atoms with Crippen LogP contribution in [0.4, 0.5) is 0 Å². The van der Waals surface area contributed by atoms with Crippen LogP contribution in [0.5, 0.6) is 0 Å². The second kappa shape index (κ2) is 18.1. The van der Waals surface area contributed by atoms with Crippen molar-refractivity contribution in [2.75, 3.05) is 23.9 Å². The smallest absolute Gasteiger partial charge is 0.0693 e. The van der Waals surface area contributed by atoms with Crippen LogP contribution >= 0.6 is 0 Å². The molecule has 0 aromatic carbocycles. The summed E-state index contributed by atoms with van der Waals surface area (Å²) in [6.07, 6.45) is 14.2. The Hall–Kier alpha value is 0.260. The molecule has 0 aliphatic heterocycles. The molecule has 0 fully saturated rings. The molecule has 0 aliphatic rings. The van der Waals surface area contributed by atoms with Gasteiger partial charge >= 0.3 is 0 Å². The lowest BCUT2D eigenvalue weighted by Gasteiger charge is -2.13. The van der Waals surface area contributed by atoms with Crippen LogP contribution in [0.15, 0.2) is 0 Å². The highest BCUT2D eigenvalue weighted by Crippen LogP contribution is 2.10. The number of aliphatic hydroxyl groups is 1. The van der Waals surface area contributed by atoms with Crippen molar-refractivity contribution in [3.63, 3.8) is 0 Å². The van der Waals surface area contributed by atoms with Crippen molar-refractivity contribution in [2.24, 2.45) is 0 Å². The van der Waals surface area contributed by atoms with Gasteiger partial charge in [-0.25, -0.2) is 0 Å². The molecule has 24 heavy (non-hydrogen) atoms. The molecule has 0 aromatic rings. The lowest BCUT2D eigenvalue weighted by Crippen LogP contribution is -2.29. The molecule has 3 nitrogen and oxygen atoms in total. The zero-order chi connectivity index (χ0) is 18.0. The number of hydrogen-bond acceptors (Lipinski definition) is 3. The quantitative estimate of drug-likeness (QED) is 0.354. The largest absolute Gasteiger partial charge is 0.395 e. The first-order valence-electron chi connectivity index (χ1n) is 9.98. The number of rotatable bonds is 18. The van der Waals surface area contributed by atoms with Gasteiger partial charge in [-0.15, -0.1) is 0 Å². The fraction of sp³-hybridized carbons (Fsp3) is 1.00. The van der Waals surface area contributed by atoms with Gasteiger partial charge in [0.15, 0.2) is 0 Å². The van der Waals surface area contributed by atoms with Crippen LogP contribution in [-0.4, -0.2) is 42.6 Å². The van der Waals surface area contributed by atoms with Gasteiger partial charge in [-0.3, -0.25) is 8.42 Å². The van der Waals surface area contributed by atoms with E-state index in [1.807, 2.05) is 0 Å². The lowest BCUT2D eigenvalue weighted by atomic mass is 10.1. The highest BCUT2D eigenvalue weighted by molar-refractivity contribution is 7.89. The number of unbranched alkanes of at least 4 members (excludes halogenated alkanes) is 10. The minimum atomic E-state index is -1.04. The second-order valence-electron chi connectivity index (χ2n) is 6.74. The van der Waals surface area contributed by atoms with Crippen molar-refractivity contribution in [2.45, 2.75) is 96.1 Å². The third-order valence-electron chi connectivity index (χ3n) is 4.37. The van der Waals surface area contributed by atoms with E-state index in [-0.39, 0.29) is 11.9 Å². The molecule has 1 N–H and O–H groups in total. The van der Waals surface area contributed by atoms with E-state index in [0.29, 0.717) is 17.3 Å². The summed E-state index contributed by atoms with van der Waals surface area (Å²) in [5, 5.41) is 9.16. The topological polar surface area (TPSA) is 54.4 Å². The first-order valence-corrected chi connectivity index (χ1v) is 12.9. The molecule has 0 saturated heterocycles. The maximum absolute atomic E-state index is 12.3. The Morgan fingerprint density at radius 3 is 1.67 bits per heavy atom. The molecule has 5 heteroatoms. The van der Waals surface area contributed by atoms with Gasteiger partial charge in [-0.2, -0.15) is 0 Å². The van der Waals surface area contributed by atoms with E-state index in [4.69, 9.17) is 0 Å². The Kier molecular flexibility index (Phi) is 18.3. The summed E-state index contributed by atoms with van der Waals surface area (Å²) < 4.78 is 24.4. The first kappa shape index (κ1) is 24.3. The average molecular weight is 381 g/mol. The minimum Gasteiger partial charge on any atom is -0.395 e. The maximum atomic E-state index is 12.3. The van der Waals surface area contributed by atoms with Gasteiger partial charge in [-0.05, 0) is 12.8 Å². The zero-order valence-electron chi connectivity index (χ0n) is 16.0. The molecule has 0 rings (SSSR count). The Bertz CT molecular complexity index is 322. The van der Waals surface area contributed by atoms with E-state index in [1.54, 1.807) is 0 Å². The average Bonchev–Trinajstić information content (AvgIpc) is 2.58. The molecule has 0 saturated carbocycles. The fourth-order valence-corrected chi connectivity index (χ4v) is 6.00. The number of hydrogen-bond donors (Lipinski definition) is 1. The van der Waals surface area contributed by atoms with Gasteiger partial charge in [0.05, 0.1) is 11.9 Å². The Morgan fingerprint density at radius 2 is 1.17 bits per heavy atom. The molecule has 0 amide bonds. The van der Waals surface area contributed by atoms with Gasteiger partial charge in [0.2, 0.25) is 0 Å². The normalized spacial score (nSPS) is 15.3. The predicted molar refractivity (Wildman–Crippen MR) is 109 cm³/mol. The van der Waals surface area contributed by atoms with Crippen LogP contribution in [0.2, 0.25) is 0 Å². The van der Waals surface area contributed by atoms with Gasteiger partial charge in [0, 0.05) is 38.9 Å². The molecule has 0 aromatic heterocycles. The standard InChI is InChI=1S/C19H40O3S2/c1-3-5-7-9-11-13-15-23(21)18-19(17-20)24(22)16-14-12-10-8-6-4-2/h19-20H,3-18H2,1-2H3. The van der Waals surface area contributed by atoms with Crippen LogP contribution in [0.1, 0.15) is 90.9 Å². The van der Waals surface area contributed by atoms with Crippen molar-refractivity contribution in [1.29, 1.82) is 0 Å². The molecule has 0 radical (unpaired) electrons. The van der Waals surface area contributed by atoms with Crippen LogP contribution < -0.4 is 0 Å². The van der Waals surface area contributed by atoms with Crippen LogP contribution in [0, 0.1) is 0 Å². The molecule has 0 aliphatic carbocycles. The summed E-state index contributed by atoms with van der Waals surface area (Å²) in [6.45, 7) is 4.30. The maximum Gasteiger partial charge on any atom is 0.0693 e. The Balaban J connectivity index is 3.77. The van der Waals surface area contributed by atoms with Crippen molar-refractivity contribution < 1.29 is 13.5 Å². The summed E-state index contributed by atoms with van der Waals surface area (Å²) in [5.74, 6) is 1.73. The van der Waals surface area contributed by atoms with Crippen LogP contribution in [0.25, 0.3) is 0 Å². The zero-order valence-corrected chi connectivity index (χ0v) is 17.6. The third-order valence-corrected chi connectivity index (χ3v) is 7.85. The van der Waals surface area contributed by atoms with E-state index in [1.165, 1.54) is 51.4 Å². The van der Waals surface area contributed by atoms with Crippen LogP contribution in [-0.2, 0) is 21.6 Å². The molecule has 3 atom stereocenters. The molecule has 0 spiro atoms. The van der Waals surface area contributed by atoms with Crippen molar-refractivity contribution in [3.05, 3.63) is 0 Å². The van der Waals surface area contributed by atoms with E-state index in [0.717, 1.165) is 25.7 Å². The summed E-state index contributed by atoms with van der Waals surface area (Å²) in [4.78, 5) is 0. The molecular weight excluding hydrogens is 340 g/mol. The summed E-state index contributed by atoms with van der Waals surface area (Å²) in [7, 11) is -1.98. The molecule has 0 bridgehead atoms. The van der Waals surface area contributed by atoms with Crippen molar-refractivity contribution in [3.8, 4) is 0 Å². The Morgan fingerprint density at radius 1 is 0.708 bits per heavy atom. The molecular formula is C19H40O3S2. The van der Waals surface area contributed by atoms with Gasteiger partial charge in [0.25, 0.3) is 0 Å². The summed E-state index contributed by atoms with van der Waals surface area (Å²) in [5.41, 5.74) is 0. The van der Waals surface area contributed by atoms with Gasteiger partial charge in [-0.1, -0.05) is 78.1 Å². The van der Waals surface area contributed by atoms with E-state index >= 15 is 0 Å². The summed E-state index contributed by atoms with van der Waals surface area (Å²) >= 11 is 0. The summed E-state index contributed by atoms with van der Waals surface area (Å²) in [6, 6.07) is 0. The van der Waals surface area contributed by atoms with Gasteiger partial charge < -0.3 is 5.11 Å². The van der Waals surface area contributed by atoms with E-state index < -0.39 is 21.6 Å². The first-order chi connectivity index (χ1) is 11.7. The lowest BCUT2D eigenvalue weighted by molar-refractivity contribution is 0.299. The van der Waals surface area contributed by atoms with Crippen LogP contribution in [0.3, 0.4) is 0 Å². The third kappa shape index (κ3) is 14.6. The van der Waals surface area contributed by atoms with Crippen molar-refractivity contribution in [1.82, 2.24) is 0 Å². The number of aliphatic hydroxyl groups excluding tert-OH is 1. The van der Waals surface area contributed by atoms with E-state index in [2.05, 4.69) is 13.8 Å².